The quantitative estimate of drug-likeness (QED) is 0.787. The molecule has 2 aromatic rings. The van der Waals surface area contributed by atoms with Crippen LogP contribution in [0, 0.1) is 0 Å². The van der Waals surface area contributed by atoms with Crippen molar-refractivity contribution < 1.29 is 23.8 Å². The molecule has 1 fully saturated rings. The molecule has 0 unspecified atom stereocenters. The molecular weight excluding hydrogens is 348 g/mol. The van der Waals surface area contributed by atoms with Crippen LogP contribution in [0.4, 0.5) is 11.4 Å². The van der Waals surface area contributed by atoms with Gasteiger partial charge in [-0.15, -0.1) is 0 Å². The number of nitrogens with one attached hydrogen (secondary N) is 1. The maximum atomic E-state index is 12.4. The van der Waals surface area contributed by atoms with Gasteiger partial charge in [0, 0.05) is 13.1 Å². The number of carbonyl (C=O) groups excluding carboxylic acids is 2. The molecule has 1 heterocycles. The highest BCUT2D eigenvalue weighted by atomic mass is 16.5. The van der Waals surface area contributed by atoms with Crippen LogP contribution in [0.3, 0.4) is 0 Å². The van der Waals surface area contributed by atoms with Gasteiger partial charge >= 0.3 is 5.97 Å². The molecule has 0 aliphatic carbocycles. The molecule has 0 aromatic heterocycles. The Hall–Kier alpha value is -3.06. The first-order chi connectivity index (χ1) is 13.2. The lowest BCUT2D eigenvalue weighted by Crippen LogP contribution is -2.37. The highest BCUT2D eigenvalue weighted by Crippen LogP contribution is 2.28. The van der Waals surface area contributed by atoms with Gasteiger partial charge in [0.2, 0.25) is 0 Å². The minimum absolute atomic E-state index is 0.130. The van der Waals surface area contributed by atoms with E-state index >= 15 is 0 Å². The Morgan fingerprint density at radius 3 is 2.56 bits per heavy atom. The Morgan fingerprint density at radius 2 is 1.85 bits per heavy atom. The number of methoxy groups -OCH3 is 1. The second-order valence-electron chi connectivity index (χ2n) is 5.97. The van der Waals surface area contributed by atoms with Gasteiger partial charge in [0.15, 0.2) is 6.61 Å². The predicted molar refractivity (Wildman–Crippen MR) is 101 cm³/mol. The maximum Gasteiger partial charge on any atom is 0.337 e. The van der Waals surface area contributed by atoms with Gasteiger partial charge in [-0.1, -0.05) is 18.2 Å². The average Bonchev–Trinajstić information content (AvgIpc) is 2.73. The summed E-state index contributed by atoms with van der Waals surface area (Å²) in [6, 6.07) is 14.2. The molecule has 1 aliphatic heterocycles. The zero-order chi connectivity index (χ0) is 19.1. The molecule has 142 valence electrons. The van der Waals surface area contributed by atoms with Crippen molar-refractivity contribution in [2.24, 2.45) is 0 Å². The lowest BCUT2D eigenvalue weighted by atomic mass is 10.1. The fourth-order valence-corrected chi connectivity index (χ4v) is 2.81. The van der Waals surface area contributed by atoms with Crippen molar-refractivity contribution in [3.63, 3.8) is 0 Å². The molecule has 3 rings (SSSR count). The number of rotatable bonds is 6. The van der Waals surface area contributed by atoms with Gasteiger partial charge in [-0.3, -0.25) is 4.79 Å². The Labute approximate surface area is 157 Å². The van der Waals surface area contributed by atoms with E-state index in [1.807, 2.05) is 24.3 Å². The average molecular weight is 370 g/mol. The molecule has 27 heavy (non-hydrogen) atoms. The fourth-order valence-electron chi connectivity index (χ4n) is 2.81. The van der Waals surface area contributed by atoms with Gasteiger partial charge in [0.05, 0.1) is 37.3 Å². The topological polar surface area (TPSA) is 77.1 Å². The molecular formula is C20H22N2O5. The molecule has 7 heteroatoms. The van der Waals surface area contributed by atoms with E-state index in [2.05, 4.69) is 10.2 Å². The van der Waals surface area contributed by atoms with Crippen molar-refractivity contribution in [1.82, 2.24) is 0 Å². The summed E-state index contributed by atoms with van der Waals surface area (Å²) in [5.74, 6) is -0.153. The minimum atomic E-state index is -0.459. The number of ether oxygens (including phenoxy) is 3. The number of hydrogen-bond acceptors (Lipinski definition) is 6. The molecule has 0 radical (unpaired) electrons. The van der Waals surface area contributed by atoms with Crippen LogP contribution in [0.5, 0.6) is 5.75 Å². The molecule has 1 saturated heterocycles. The molecule has 1 N–H and O–H groups in total. The third-order valence-corrected chi connectivity index (χ3v) is 4.16. The molecule has 2 aromatic carbocycles. The highest BCUT2D eigenvalue weighted by Gasteiger charge is 2.18. The Balaban J connectivity index is 1.75. The monoisotopic (exact) mass is 370 g/mol. The highest BCUT2D eigenvalue weighted by molar-refractivity contribution is 5.98. The van der Waals surface area contributed by atoms with Gasteiger partial charge in [-0.25, -0.2) is 4.79 Å². The Morgan fingerprint density at radius 1 is 1.11 bits per heavy atom. The van der Waals surface area contributed by atoms with Crippen LogP contribution >= 0.6 is 0 Å². The lowest BCUT2D eigenvalue weighted by Gasteiger charge is -2.30. The minimum Gasteiger partial charge on any atom is -0.484 e. The summed E-state index contributed by atoms with van der Waals surface area (Å²) < 4.78 is 15.6. The molecule has 0 saturated carbocycles. The largest absolute Gasteiger partial charge is 0.484 e. The fraction of sp³-hybridized carbons (Fsp3) is 0.300. The van der Waals surface area contributed by atoms with Crippen LogP contribution in [-0.2, 0) is 14.3 Å². The second-order valence-corrected chi connectivity index (χ2v) is 5.97. The summed E-state index contributed by atoms with van der Waals surface area (Å²) in [5.41, 5.74) is 1.74. The second kappa shape index (κ2) is 9.05. The Bertz CT molecular complexity index is 788. The number of carbonyl (C=O) groups is 2. The van der Waals surface area contributed by atoms with E-state index in [0.29, 0.717) is 43.3 Å². The van der Waals surface area contributed by atoms with E-state index in [-0.39, 0.29) is 12.5 Å². The van der Waals surface area contributed by atoms with E-state index in [4.69, 9.17) is 14.2 Å². The molecule has 0 spiro atoms. The van der Waals surface area contributed by atoms with Crippen LogP contribution in [-0.4, -0.2) is 51.9 Å². The summed E-state index contributed by atoms with van der Waals surface area (Å²) in [6.45, 7) is 2.52. The molecule has 7 nitrogen and oxygen atoms in total. The van der Waals surface area contributed by atoms with E-state index in [0.717, 1.165) is 5.69 Å². The van der Waals surface area contributed by atoms with Gasteiger partial charge in [-0.2, -0.15) is 0 Å². The number of para-hydroxylation sites is 1. The zero-order valence-electron chi connectivity index (χ0n) is 15.1. The maximum absolute atomic E-state index is 12.4. The first kappa shape index (κ1) is 18.7. The van der Waals surface area contributed by atoms with Gasteiger partial charge < -0.3 is 24.4 Å². The van der Waals surface area contributed by atoms with Gasteiger partial charge in [0.1, 0.15) is 5.75 Å². The third-order valence-electron chi connectivity index (χ3n) is 4.16. The van der Waals surface area contributed by atoms with Crippen LogP contribution in [0.2, 0.25) is 0 Å². The summed E-state index contributed by atoms with van der Waals surface area (Å²) in [4.78, 5) is 26.3. The number of anilines is 2. The molecule has 0 bridgehead atoms. The SMILES string of the molecule is COC(=O)c1ccc(N2CCOCC2)c(NC(=O)COc2ccccc2)c1. The summed E-state index contributed by atoms with van der Waals surface area (Å²) >= 11 is 0. The van der Waals surface area contributed by atoms with Gasteiger partial charge in [-0.05, 0) is 30.3 Å². The number of morpholine rings is 1. The number of amides is 1. The summed E-state index contributed by atoms with van der Waals surface area (Å²) in [5, 5.41) is 2.84. The first-order valence-corrected chi connectivity index (χ1v) is 8.70. The molecule has 1 aliphatic rings. The smallest absolute Gasteiger partial charge is 0.337 e. The first-order valence-electron chi connectivity index (χ1n) is 8.70. The van der Waals surface area contributed by atoms with Crippen molar-refractivity contribution in [2.75, 3.05) is 50.2 Å². The number of benzene rings is 2. The van der Waals surface area contributed by atoms with E-state index in [1.54, 1.807) is 24.3 Å². The normalized spacial score (nSPS) is 13.7. The van der Waals surface area contributed by atoms with Crippen molar-refractivity contribution in [3.05, 3.63) is 54.1 Å². The number of esters is 1. The van der Waals surface area contributed by atoms with Gasteiger partial charge in [0.25, 0.3) is 5.91 Å². The van der Waals surface area contributed by atoms with Crippen molar-refractivity contribution in [1.29, 1.82) is 0 Å². The van der Waals surface area contributed by atoms with E-state index in [9.17, 15) is 9.59 Å². The van der Waals surface area contributed by atoms with Crippen molar-refractivity contribution in [2.45, 2.75) is 0 Å². The van der Waals surface area contributed by atoms with E-state index in [1.165, 1.54) is 7.11 Å². The summed E-state index contributed by atoms with van der Waals surface area (Å²) in [6.07, 6.45) is 0. The lowest BCUT2D eigenvalue weighted by molar-refractivity contribution is -0.118. The standard InChI is InChI=1S/C20H22N2O5/c1-25-20(24)15-7-8-18(22-9-11-26-12-10-22)17(13-15)21-19(23)14-27-16-5-3-2-4-6-16/h2-8,13H,9-12,14H2,1H3,(H,21,23). The van der Waals surface area contributed by atoms with Crippen LogP contribution in [0.15, 0.2) is 48.5 Å². The third kappa shape index (κ3) is 4.98. The van der Waals surface area contributed by atoms with Crippen LogP contribution < -0.4 is 15.0 Å². The van der Waals surface area contributed by atoms with Crippen molar-refractivity contribution >= 4 is 23.3 Å². The molecule has 1 amide bonds. The zero-order valence-corrected chi connectivity index (χ0v) is 15.1. The molecule has 0 atom stereocenters. The predicted octanol–water partition coefficient (Wildman–Crippen LogP) is 2.33. The van der Waals surface area contributed by atoms with E-state index < -0.39 is 5.97 Å². The van der Waals surface area contributed by atoms with Crippen LogP contribution in [0.25, 0.3) is 0 Å². The summed E-state index contributed by atoms with van der Waals surface area (Å²) in [7, 11) is 1.32. The van der Waals surface area contributed by atoms with Crippen LogP contribution in [0.1, 0.15) is 10.4 Å². The Kier molecular flexibility index (Phi) is 6.27. The van der Waals surface area contributed by atoms with Crippen molar-refractivity contribution in [3.8, 4) is 5.75 Å². The number of hydrogen-bond donors (Lipinski definition) is 1. The number of nitrogens with zero attached hydrogens (tertiary/aromatic N) is 1.